The van der Waals surface area contributed by atoms with Gasteiger partial charge >= 0.3 is 0 Å². The first-order chi connectivity index (χ1) is 10.7. The molecule has 0 amide bonds. The Hall–Kier alpha value is -0.900. The second-order valence-corrected chi connectivity index (χ2v) is 7.41. The molecule has 0 bridgehead atoms. The van der Waals surface area contributed by atoms with Gasteiger partial charge < -0.3 is 10.0 Å². The Kier molecular flexibility index (Phi) is 5.51. The second kappa shape index (κ2) is 7.58. The van der Waals surface area contributed by atoms with Gasteiger partial charge in [0.05, 0.1) is 4.88 Å². The molecule has 2 aliphatic heterocycles. The number of likely N-dealkylation sites (N-methyl/N-ethyl adjacent to an activating group) is 1. The van der Waals surface area contributed by atoms with E-state index in [1.165, 1.54) is 50.6 Å². The molecule has 0 unspecified atom stereocenters. The van der Waals surface area contributed by atoms with Crippen LogP contribution in [0.4, 0.5) is 0 Å². The lowest BCUT2D eigenvalue weighted by Crippen LogP contribution is -2.49. The van der Waals surface area contributed by atoms with Crippen molar-refractivity contribution >= 4 is 11.3 Å². The van der Waals surface area contributed by atoms with E-state index in [1.807, 2.05) is 0 Å². The predicted octanol–water partition coefficient (Wildman–Crippen LogP) is 0.914. The summed E-state index contributed by atoms with van der Waals surface area (Å²) >= 11 is 1.75. The van der Waals surface area contributed by atoms with Gasteiger partial charge in [-0.15, -0.1) is 11.3 Å². The lowest BCUT2D eigenvalue weighted by atomic mass is 10.2. The number of nitrogens with zero attached hydrogens (tertiary/aromatic N) is 3. The molecule has 4 nitrogen and oxygen atoms in total. The zero-order valence-electron chi connectivity index (χ0n) is 13.3. The Balaban J connectivity index is 1.49. The van der Waals surface area contributed by atoms with Crippen LogP contribution in [0, 0.1) is 11.8 Å². The largest absolute Gasteiger partial charge is 0.384 e. The number of rotatable bonds is 3. The number of hydrogen-bond acceptors (Lipinski definition) is 5. The van der Waals surface area contributed by atoms with Gasteiger partial charge in [0, 0.05) is 56.7 Å². The molecule has 1 N–H and O–H groups in total. The Morgan fingerprint density at radius 2 is 2.05 bits per heavy atom. The van der Waals surface area contributed by atoms with E-state index >= 15 is 0 Å². The topological polar surface area (TPSA) is 30.0 Å². The van der Waals surface area contributed by atoms with Crippen molar-refractivity contribution in [2.24, 2.45) is 0 Å². The molecule has 0 radical (unpaired) electrons. The molecule has 1 atom stereocenters. The van der Waals surface area contributed by atoms with E-state index in [2.05, 4.69) is 45.7 Å². The molecule has 0 aromatic carbocycles. The summed E-state index contributed by atoms with van der Waals surface area (Å²) < 4.78 is 0. The van der Waals surface area contributed by atoms with Crippen molar-refractivity contribution in [1.82, 2.24) is 14.7 Å². The van der Waals surface area contributed by atoms with E-state index in [0.29, 0.717) is 0 Å². The van der Waals surface area contributed by atoms with E-state index in [0.717, 1.165) is 17.5 Å². The lowest BCUT2D eigenvalue weighted by Gasteiger charge is -2.36. The van der Waals surface area contributed by atoms with Gasteiger partial charge in [-0.05, 0) is 25.6 Å². The summed E-state index contributed by atoms with van der Waals surface area (Å²) in [4.78, 5) is 10.1. The Morgan fingerprint density at radius 3 is 2.82 bits per heavy atom. The monoisotopic (exact) mass is 319 g/mol. The summed E-state index contributed by atoms with van der Waals surface area (Å²) in [7, 11) is 2.21. The summed E-state index contributed by atoms with van der Waals surface area (Å²) in [5, 5.41) is 8.75. The molecule has 120 valence electrons. The van der Waals surface area contributed by atoms with Crippen LogP contribution < -0.4 is 0 Å². The van der Waals surface area contributed by atoms with E-state index < -0.39 is 0 Å². The average Bonchev–Trinajstić information content (AvgIpc) is 3.16. The van der Waals surface area contributed by atoms with E-state index in [1.54, 1.807) is 11.3 Å². The zero-order valence-corrected chi connectivity index (χ0v) is 14.1. The molecule has 2 saturated heterocycles. The fraction of sp³-hybridized carbons (Fsp3) is 0.647. The normalized spacial score (nSPS) is 24.4. The maximum Gasteiger partial charge on any atom is 0.104 e. The van der Waals surface area contributed by atoms with Crippen molar-refractivity contribution in [3.63, 3.8) is 0 Å². The summed E-state index contributed by atoms with van der Waals surface area (Å²) in [5.74, 6) is 5.71. The van der Waals surface area contributed by atoms with Crippen LogP contribution >= 0.6 is 11.3 Å². The van der Waals surface area contributed by atoms with Crippen LogP contribution in [0.5, 0.6) is 0 Å². The number of piperazine rings is 1. The maximum atomic E-state index is 8.75. The minimum atomic E-state index is -0.0634. The van der Waals surface area contributed by atoms with Crippen LogP contribution in [0.25, 0.3) is 0 Å². The first kappa shape index (κ1) is 16.0. The molecule has 3 heterocycles. The van der Waals surface area contributed by atoms with Crippen molar-refractivity contribution in [3.8, 4) is 11.8 Å². The van der Waals surface area contributed by atoms with Crippen LogP contribution in [-0.2, 0) is 6.54 Å². The molecule has 1 aromatic heterocycles. The van der Waals surface area contributed by atoms with Crippen molar-refractivity contribution < 1.29 is 5.11 Å². The molecular weight excluding hydrogens is 294 g/mol. The predicted molar refractivity (Wildman–Crippen MR) is 91.0 cm³/mol. The molecular formula is C17H25N3OS. The van der Waals surface area contributed by atoms with Crippen LogP contribution in [-0.4, -0.2) is 78.8 Å². The van der Waals surface area contributed by atoms with Crippen molar-refractivity contribution in [2.45, 2.75) is 19.0 Å². The smallest absolute Gasteiger partial charge is 0.104 e. The van der Waals surface area contributed by atoms with Gasteiger partial charge in [-0.2, -0.15) is 0 Å². The average molecular weight is 319 g/mol. The highest BCUT2D eigenvalue weighted by molar-refractivity contribution is 7.12. The molecule has 22 heavy (non-hydrogen) atoms. The van der Waals surface area contributed by atoms with Crippen molar-refractivity contribution in [2.75, 3.05) is 52.9 Å². The molecule has 0 saturated carbocycles. The van der Waals surface area contributed by atoms with Crippen molar-refractivity contribution in [1.29, 1.82) is 0 Å². The highest BCUT2D eigenvalue weighted by atomic mass is 32.1. The molecule has 0 aliphatic carbocycles. The number of thiophene rings is 1. The van der Waals surface area contributed by atoms with E-state index in [9.17, 15) is 0 Å². The SMILES string of the molecule is CN1CCN([C@@H]2CCN(Cc3ccc(C#CCO)s3)C2)CC1. The van der Waals surface area contributed by atoms with Gasteiger partial charge in [0.2, 0.25) is 0 Å². The lowest BCUT2D eigenvalue weighted by molar-refractivity contribution is 0.112. The minimum Gasteiger partial charge on any atom is -0.384 e. The van der Waals surface area contributed by atoms with Crippen LogP contribution in [0.1, 0.15) is 16.2 Å². The quantitative estimate of drug-likeness (QED) is 0.839. The van der Waals surface area contributed by atoms with Gasteiger partial charge in [0.25, 0.3) is 0 Å². The van der Waals surface area contributed by atoms with Gasteiger partial charge in [-0.3, -0.25) is 9.80 Å². The first-order valence-electron chi connectivity index (χ1n) is 8.08. The third kappa shape index (κ3) is 4.09. The van der Waals surface area contributed by atoms with E-state index in [4.69, 9.17) is 5.11 Å². The molecule has 5 heteroatoms. The summed E-state index contributed by atoms with van der Waals surface area (Å²) in [5.41, 5.74) is 0. The third-order valence-electron chi connectivity index (χ3n) is 4.63. The molecule has 1 aromatic rings. The molecule has 3 rings (SSSR count). The van der Waals surface area contributed by atoms with Crippen LogP contribution in [0.2, 0.25) is 0 Å². The first-order valence-corrected chi connectivity index (χ1v) is 8.89. The Labute approximate surface area is 137 Å². The van der Waals surface area contributed by atoms with Crippen molar-refractivity contribution in [3.05, 3.63) is 21.9 Å². The van der Waals surface area contributed by atoms with Crippen LogP contribution in [0.3, 0.4) is 0 Å². The standard InChI is InChI=1S/C17H25N3OS/c1-18-8-10-20(11-9-18)15-6-7-19(13-15)14-17-5-4-16(22-17)3-2-12-21/h4-5,15,21H,6-14H2,1H3/t15-/m1/s1. The van der Waals surface area contributed by atoms with Gasteiger partial charge in [0.15, 0.2) is 0 Å². The number of likely N-dealkylation sites (tertiary alicyclic amines) is 1. The fourth-order valence-electron chi connectivity index (χ4n) is 3.32. The Bertz CT molecular complexity index is 540. The summed E-state index contributed by atoms with van der Waals surface area (Å²) in [6.07, 6.45) is 1.30. The second-order valence-electron chi connectivity index (χ2n) is 6.24. The number of aliphatic hydroxyl groups is 1. The third-order valence-corrected chi connectivity index (χ3v) is 5.62. The maximum absolute atomic E-state index is 8.75. The Morgan fingerprint density at radius 1 is 1.23 bits per heavy atom. The summed E-state index contributed by atoms with van der Waals surface area (Å²) in [6, 6.07) is 4.98. The van der Waals surface area contributed by atoms with Gasteiger partial charge in [0.1, 0.15) is 6.61 Å². The van der Waals surface area contributed by atoms with E-state index in [-0.39, 0.29) is 6.61 Å². The minimum absolute atomic E-state index is 0.0634. The molecule has 2 fully saturated rings. The molecule has 0 spiro atoms. The van der Waals surface area contributed by atoms with Gasteiger partial charge in [-0.1, -0.05) is 11.8 Å². The van der Waals surface area contributed by atoms with Gasteiger partial charge in [-0.25, -0.2) is 0 Å². The summed E-state index contributed by atoms with van der Waals surface area (Å²) in [6.45, 7) is 8.21. The fourth-order valence-corrected chi connectivity index (χ4v) is 4.24. The highest BCUT2D eigenvalue weighted by Gasteiger charge is 2.29. The highest BCUT2D eigenvalue weighted by Crippen LogP contribution is 2.22. The number of hydrogen-bond donors (Lipinski definition) is 1. The number of aliphatic hydroxyl groups excluding tert-OH is 1. The zero-order chi connectivity index (χ0) is 15.4. The van der Waals surface area contributed by atoms with Crippen LogP contribution in [0.15, 0.2) is 12.1 Å². The molecule has 2 aliphatic rings.